The van der Waals surface area contributed by atoms with Crippen molar-refractivity contribution in [2.45, 2.75) is 45.8 Å². The fraction of sp³-hybridized carbons (Fsp3) is 0.562. The maximum Gasteiger partial charge on any atom is 0.164 e. The van der Waals surface area contributed by atoms with E-state index in [0.717, 1.165) is 25.9 Å². The molecule has 18 heavy (non-hydrogen) atoms. The van der Waals surface area contributed by atoms with Crippen LogP contribution in [0.25, 0.3) is 0 Å². The van der Waals surface area contributed by atoms with E-state index < -0.39 is 0 Å². The molecule has 3 rings (SSSR count). The third-order valence-corrected chi connectivity index (χ3v) is 4.33. The molecular formula is C16H21NO. The Labute approximate surface area is 109 Å². The van der Waals surface area contributed by atoms with Gasteiger partial charge in [-0.1, -0.05) is 43.7 Å². The Morgan fingerprint density at radius 3 is 2.78 bits per heavy atom. The molecule has 1 spiro atoms. The van der Waals surface area contributed by atoms with E-state index in [1.54, 1.807) is 0 Å². The van der Waals surface area contributed by atoms with Crippen LogP contribution in [0.5, 0.6) is 0 Å². The normalized spacial score (nSPS) is 29.8. The van der Waals surface area contributed by atoms with Crippen LogP contribution >= 0.6 is 0 Å². The van der Waals surface area contributed by atoms with Crippen molar-refractivity contribution < 1.29 is 4.74 Å². The van der Waals surface area contributed by atoms with Crippen LogP contribution in [-0.4, -0.2) is 18.0 Å². The summed E-state index contributed by atoms with van der Waals surface area (Å²) in [6.45, 7) is 7.55. The lowest BCUT2D eigenvalue weighted by Gasteiger charge is -2.34. The molecule has 1 atom stereocenters. The van der Waals surface area contributed by atoms with Gasteiger partial charge in [0, 0.05) is 17.7 Å². The molecule has 1 unspecified atom stereocenters. The van der Waals surface area contributed by atoms with Crippen molar-refractivity contribution in [2.24, 2.45) is 10.4 Å². The summed E-state index contributed by atoms with van der Waals surface area (Å²) in [6.07, 6.45) is 3.21. The molecule has 2 nitrogen and oxygen atoms in total. The van der Waals surface area contributed by atoms with E-state index in [4.69, 9.17) is 9.73 Å². The highest BCUT2D eigenvalue weighted by Crippen LogP contribution is 2.50. The number of nitrogens with zero attached hydrogens (tertiary/aromatic N) is 1. The summed E-state index contributed by atoms with van der Waals surface area (Å²) in [6, 6.07) is 8.63. The van der Waals surface area contributed by atoms with E-state index in [2.05, 4.69) is 45.0 Å². The minimum Gasteiger partial charge on any atom is -0.353 e. The summed E-state index contributed by atoms with van der Waals surface area (Å²) in [4.78, 5) is 4.98. The molecule has 1 aromatic rings. The van der Waals surface area contributed by atoms with Gasteiger partial charge in [-0.3, -0.25) is 4.99 Å². The Bertz CT molecular complexity index is 496. The van der Waals surface area contributed by atoms with Crippen LogP contribution in [-0.2, 0) is 4.74 Å². The first-order chi connectivity index (χ1) is 8.52. The number of aliphatic imine (C=N–C) groups is 1. The number of rotatable bonds is 1. The smallest absolute Gasteiger partial charge is 0.164 e. The van der Waals surface area contributed by atoms with Crippen LogP contribution in [0, 0.1) is 12.3 Å². The van der Waals surface area contributed by atoms with Crippen LogP contribution < -0.4 is 0 Å². The standard InChI is InChI=1S/C16H21NO/c1-12-6-4-7-13(10-12)14-11-15(2,3)16(17-14)8-5-9-18-16/h4,6-7,10H,5,8-9,11H2,1-3H3. The van der Waals surface area contributed by atoms with Gasteiger partial charge in [-0.2, -0.15) is 0 Å². The predicted octanol–water partition coefficient (Wildman–Crippen LogP) is 3.72. The largest absolute Gasteiger partial charge is 0.353 e. The van der Waals surface area contributed by atoms with Gasteiger partial charge < -0.3 is 4.74 Å². The monoisotopic (exact) mass is 243 g/mol. The zero-order chi connectivity index (χ0) is 12.8. The maximum atomic E-state index is 6.01. The Kier molecular flexibility index (Phi) is 2.60. The third kappa shape index (κ3) is 1.71. The van der Waals surface area contributed by atoms with Crippen molar-refractivity contribution in [3.63, 3.8) is 0 Å². The van der Waals surface area contributed by atoms with E-state index in [1.807, 2.05) is 0 Å². The Morgan fingerprint density at radius 2 is 2.11 bits per heavy atom. The van der Waals surface area contributed by atoms with Gasteiger partial charge in [-0.25, -0.2) is 0 Å². The minimum atomic E-state index is -0.258. The van der Waals surface area contributed by atoms with E-state index in [1.165, 1.54) is 16.8 Å². The summed E-state index contributed by atoms with van der Waals surface area (Å²) in [7, 11) is 0. The van der Waals surface area contributed by atoms with E-state index in [-0.39, 0.29) is 11.1 Å². The molecular weight excluding hydrogens is 222 g/mol. The molecule has 0 N–H and O–H groups in total. The number of aryl methyl sites for hydroxylation is 1. The molecule has 0 saturated carbocycles. The highest BCUT2D eigenvalue weighted by Gasteiger charge is 2.53. The molecule has 2 heterocycles. The Balaban J connectivity index is 2.00. The molecule has 2 aliphatic rings. The van der Waals surface area contributed by atoms with E-state index in [9.17, 15) is 0 Å². The number of hydrogen-bond donors (Lipinski definition) is 0. The third-order valence-electron chi connectivity index (χ3n) is 4.33. The maximum absolute atomic E-state index is 6.01. The van der Waals surface area contributed by atoms with Gasteiger partial charge in [-0.15, -0.1) is 0 Å². The molecule has 1 fully saturated rings. The zero-order valence-corrected chi connectivity index (χ0v) is 11.5. The van der Waals surface area contributed by atoms with Crippen LogP contribution in [0.1, 0.15) is 44.2 Å². The van der Waals surface area contributed by atoms with Crippen molar-refractivity contribution in [3.05, 3.63) is 35.4 Å². The fourth-order valence-electron chi connectivity index (χ4n) is 3.20. The number of benzene rings is 1. The van der Waals surface area contributed by atoms with E-state index >= 15 is 0 Å². The molecule has 96 valence electrons. The summed E-state index contributed by atoms with van der Waals surface area (Å²) >= 11 is 0. The van der Waals surface area contributed by atoms with Crippen molar-refractivity contribution in [2.75, 3.05) is 6.61 Å². The highest BCUT2D eigenvalue weighted by molar-refractivity contribution is 6.02. The van der Waals surface area contributed by atoms with Crippen molar-refractivity contribution in [1.29, 1.82) is 0 Å². The summed E-state index contributed by atoms with van der Waals surface area (Å²) in [5, 5.41) is 0. The van der Waals surface area contributed by atoms with Gasteiger partial charge in [0.15, 0.2) is 5.72 Å². The van der Waals surface area contributed by atoms with Gasteiger partial charge >= 0.3 is 0 Å². The fourth-order valence-corrected chi connectivity index (χ4v) is 3.20. The molecule has 0 aromatic heterocycles. The first kappa shape index (κ1) is 11.9. The highest BCUT2D eigenvalue weighted by atomic mass is 16.5. The van der Waals surface area contributed by atoms with Gasteiger partial charge in [0.25, 0.3) is 0 Å². The second-order valence-electron chi connectivity index (χ2n) is 6.23. The Morgan fingerprint density at radius 1 is 1.28 bits per heavy atom. The summed E-state index contributed by atoms with van der Waals surface area (Å²) in [5.41, 5.74) is 3.62. The molecule has 0 bridgehead atoms. The van der Waals surface area contributed by atoms with Gasteiger partial charge in [0.1, 0.15) is 0 Å². The predicted molar refractivity (Wildman–Crippen MR) is 74.0 cm³/mol. The SMILES string of the molecule is Cc1cccc(C2=NC3(CCCO3)C(C)(C)C2)c1. The first-order valence-electron chi connectivity index (χ1n) is 6.82. The quantitative estimate of drug-likeness (QED) is 0.736. The van der Waals surface area contributed by atoms with Crippen molar-refractivity contribution in [1.82, 2.24) is 0 Å². The average Bonchev–Trinajstić information content (AvgIpc) is 2.87. The molecule has 2 heteroatoms. The second kappa shape index (κ2) is 3.92. The lowest BCUT2D eigenvalue weighted by molar-refractivity contribution is -0.0654. The van der Waals surface area contributed by atoms with Gasteiger partial charge in [0.2, 0.25) is 0 Å². The molecule has 0 aliphatic carbocycles. The lowest BCUT2D eigenvalue weighted by Crippen LogP contribution is -2.38. The topological polar surface area (TPSA) is 21.6 Å². The molecule has 0 radical (unpaired) electrons. The van der Waals surface area contributed by atoms with Crippen molar-refractivity contribution >= 4 is 5.71 Å². The van der Waals surface area contributed by atoms with Gasteiger partial charge in [-0.05, 0) is 31.7 Å². The first-order valence-corrected chi connectivity index (χ1v) is 6.82. The molecule has 2 aliphatic heterocycles. The van der Waals surface area contributed by atoms with Crippen LogP contribution in [0.4, 0.5) is 0 Å². The van der Waals surface area contributed by atoms with Crippen LogP contribution in [0.3, 0.4) is 0 Å². The minimum absolute atomic E-state index is 0.114. The number of hydrogen-bond acceptors (Lipinski definition) is 2. The summed E-state index contributed by atoms with van der Waals surface area (Å²) < 4.78 is 6.01. The second-order valence-corrected chi connectivity index (χ2v) is 6.23. The average molecular weight is 243 g/mol. The molecule has 1 saturated heterocycles. The van der Waals surface area contributed by atoms with Crippen molar-refractivity contribution in [3.8, 4) is 0 Å². The molecule has 1 aromatic carbocycles. The summed E-state index contributed by atoms with van der Waals surface area (Å²) in [5.74, 6) is 0. The Hall–Kier alpha value is -1.15. The lowest BCUT2D eigenvalue weighted by atomic mass is 9.78. The number of ether oxygens (including phenoxy) is 1. The molecule has 0 amide bonds. The van der Waals surface area contributed by atoms with Crippen LogP contribution in [0.2, 0.25) is 0 Å². The van der Waals surface area contributed by atoms with Gasteiger partial charge in [0.05, 0.1) is 0 Å². The van der Waals surface area contributed by atoms with Crippen LogP contribution in [0.15, 0.2) is 29.3 Å². The van der Waals surface area contributed by atoms with E-state index in [0.29, 0.717) is 0 Å². The zero-order valence-electron chi connectivity index (χ0n) is 11.5.